The molecule has 1 aromatic carbocycles. The molecule has 0 radical (unpaired) electrons. The molecule has 1 aromatic heterocycles. The van der Waals surface area contributed by atoms with Crippen LogP contribution in [-0.2, 0) is 0 Å². The van der Waals surface area contributed by atoms with E-state index in [4.69, 9.17) is 5.73 Å². The number of hydrogen-bond donors (Lipinski definition) is 2. The third-order valence-corrected chi connectivity index (χ3v) is 4.43. The number of fused-ring (bicyclic) bond motifs is 1. The number of rotatable bonds is 2. The molecule has 2 aromatic rings. The Morgan fingerprint density at radius 3 is 3.00 bits per heavy atom. The second-order valence-electron chi connectivity index (χ2n) is 4.61. The number of hydrogen-bond acceptors (Lipinski definition) is 5. The first kappa shape index (κ1) is 13.8. The van der Waals surface area contributed by atoms with Crippen molar-refractivity contribution < 1.29 is 9.18 Å². The summed E-state index contributed by atoms with van der Waals surface area (Å²) in [4.78, 5) is 20.6. The average molecular weight is 304 g/mol. The first-order valence-corrected chi connectivity index (χ1v) is 7.44. The normalized spacial score (nSPS) is 17.1. The van der Waals surface area contributed by atoms with Crippen molar-refractivity contribution in [3.63, 3.8) is 0 Å². The van der Waals surface area contributed by atoms with Gasteiger partial charge in [0, 0.05) is 23.0 Å². The van der Waals surface area contributed by atoms with E-state index in [9.17, 15) is 9.18 Å². The van der Waals surface area contributed by atoms with Crippen LogP contribution in [0.4, 0.5) is 10.2 Å². The number of anilines is 1. The predicted molar refractivity (Wildman–Crippen MR) is 78.4 cm³/mol. The fourth-order valence-corrected chi connectivity index (χ4v) is 3.43. The maximum absolute atomic E-state index is 13.8. The van der Waals surface area contributed by atoms with Gasteiger partial charge in [-0.05, 0) is 18.1 Å². The molecule has 21 heavy (non-hydrogen) atoms. The lowest BCUT2D eigenvalue weighted by molar-refractivity contribution is 0.0930. The van der Waals surface area contributed by atoms with Gasteiger partial charge in [0.15, 0.2) is 11.5 Å². The number of aromatic nitrogens is 2. The quantitative estimate of drug-likeness (QED) is 0.888. The van der Waals surface area contributed by atoms with Gasteiger partial charge in [0.25, 0.3) is 5.91 Å². The lowest BCUT2D eigenvalue weighted by atomic mass is 10.0. The van der Waals surface area contributed by atoms with E-state index < -0.39 is 5.91 Å². The maximum Gasteiger partial charge on any atom is 0.274 e. The van der Waals surface area contributed by atoms with Gasteiger partial charge in [-0.25, -0.2) is 14.4 Å². The summed E-state index contributed by atoms with van der Waals surface area (Å²) in [6, 6.07) is 4.66. The van der Waals surface area contributed by atoms with Crippen LogP contribution in [0.25, 0.3) is 0 Å². The number of carbonyl (C=O) groups is 1. The summed E-state index contributed by atoms with van der Waals surface area (Å²) >= 11 is 1.47. The van der Waals surface area contributed by atoms with Crippen molar-refractivity contribution in [1.29, 1.82) is 0 Å². The number of carbonyl (C=O) groups excluding carboxylic acids is 1. The van der Waals surface area contributed by atoms with Crippen molar-refractivity contribution >= 4 is 23.5 Å². The third-order valence-electron chi connectivity index (χ3n) is 3.27. The number of benzene rings is 1. The Labute approximate surface area is 125 Å². The van der Waals surface area contributed by atoms with E-state index in [-0.39, 0.29) is 23.4 Å². The molecule has 1 amide bonds. The number of nitrogen functional groups attached to an aromatic ring is 1. The van der Waals surface area contributed by atoms with Gasteiger partial charge in [-0.15, -0.1) is 11.8 Å². The minimum atomic E-state index is -0.396. The Morgan fingerprint density at radius 2 is 2.19 bits per heavy atom. The SMILES string of the molecule is Nc1nccnc1C(=O)N[C@H]1CCSc2c(F)cccc21. The highest BCUT2D eigenvalue weighted by Crippen LogP contribution is 2.37. The summed E-state index contributed by atoms with van der Waals surface area (Å²) in [6.07, 6.45) is 3.57. The average Bonchev–Trinajstić information content (AvgIpc) is 2.49. The van der Waals surface area contributed by atoms with Gasteiger partial charge in [0.05, 0.1) is 6.04 Å². The zero-order valence-corrected chi connectivity index (χ0v) is 11.9. The van der Waals surface area contributed by atoms with E-state index in [0.29, 0.717) is 4.90 Å². The predicted octanol–water partition coefficient (Wildman–Crippen LogP) is 2.16. The molecule has 0 aliphatic carbocycles. The van der Waals surface area contributed by atoms with Crippen LogP contribution < -0.4 is 11.1 Å². The first-order valence-electron chi connectivity index (χ1n) is 6.45. The Balaban J connectivity index is 1.86. The molecule has 7 heteroatoms. The summed E-state index contributed by atoms with van der Waals surface area (Å²) in [5.74, 6) is 0.178. The van der Waals surface area contributed by atoms with E-state index >= 15 is 0 Å². The van der Waals surface area contributed by atoms with E-state index in [2.05, 4.69) is 15.3 Å². The minimum Gasteiger partial charge on any atom is -0.382 e. The molecule has 5 nitrogen and oxygen atoms in total. The number of halogens is 1. The molecule has 0 saturated heterocycles. The number of amides is 1. The van der Waals surface area contributed by atoms with Gasteiger partial charge in [0.2, 0.25) is 0 Å². The molecule has 0 bridgehead atoms. The number of nitrogens with two attached hydrogens (primary N) is 1. The number of thioether (sulfide) groups is 1. The molecule has 0 unspecified atom stereocenters. The van der Waals surface area contributed by atoms with E-state index in [1.807, 2.05) is 6.07 Å². The van der Waals surface area contributed by atoms with Gasteiger partial charge in [-0.1, -0.05) is 12.1 Å². The minimum absolute atomic E-state index is 0.0830. The summed E-state index contributed by atoms with van der Waals surface area (Å²) in [5.41, 5.74) is 6.53. The Kier molecular flexibility index (Phi) is 3.74. The summed E-state index contributed by atoms with van der Waals surface area (Å²) in [6.45, 7) is 0. The molecule has 0 fully saturated rings. The zero-order chi connectivity index (χ0) is 14.8. The first-order chi connectivity index (χ1) is 10.2. The molecule has 1 aliphatic rings. The molecule has 0 spiro atoms. The molecular weight excluding hydrogens is 291 g/mol. The van der Waals surface area contributed by atoms with E-state index in [0.717, 1.165) is 17.7 Å². The molecular formula is C14H13FN4OS. The van der Waals surface area contributed by atoms with Crippen LogP contribution in [0.5, 0.6) is 0 Å². The largest absolute Gasteiger partial charge is 0.382 e. The lowest BCUT2D eigenvalue weighted by Gasteiger charge is -2.26. The highest BCUT2D eigenvalue weighted by Gasteiger charge is 2.25. The van der Waals surface area contributed by atoms with Crippen molar-refractivity contribution in [3.8, 4) is 0 Å². The fraction of sp³-hybridized carbons (Fsp3) is 0.214. The van der Waals surface area contributed by atoms with E-state index in [1.165, 1.54) is 30.2 Å². The summed E-state index contributed by atoms with van der Waals surface area (Å²) < 4.78 is 13.8. The van der Waals surface area contributed by atoms with Gasteiger partial charge < -0.3 is 11.1 Å². The molecule has 2 heterocycles. The second kappa shape index (κ2) is 5.69. The van der Waals surface area contributed by atoms with Crippen LogP contribution in [0, 0.1) is 5.82 Å². The fourth-order valence-electron chi connectivity index (χ4n) is 2.29. The van der Waals surface area contributed by atoms with Gasteiger partial charge >= 0.3 is 0 Å². The van der Waals surface area contributed by atoms with Gasteiger partial charge in [-0.2, -0.15) is 0 Å². The van der Waals surface area contributed by atoms with Crippen LogP contribution in [0.1, 0.15) is 28.5 Å². The molecule has 3 rings (SSSR count). The van der Waals surface area contributed by atoms with Crippen LogP contribution in [0.2, 0.25) is 0 Å². The van der Waals surface area contributed by atoms with E-state index in [1.54, 1.807) is 6.07 Å². The van der Waals surface area contributed by atoms with Crippen LogP contribution >= 0.6 is 11.8 Å². The molecule has 108 valence electrons. The smallest absolute Gasteiger partial charge is 0.274 e. The standard InChI is InChI=1S/C14H13FN4OS/c15-9-3-1-2-8-10(4-7-21-12(8)9)19-14(20)11-13(16)18-6-5-17-11/h1-3,5-6,10H,4,7H2,(H2,16,18)(H,19,20)/t10-/m0/s1. The van der Waals surface area contributed by atoms with Crippen molar-refractivity contribution in [2.45, 2.75) is 17.4 Å². The summed E-state index contributed by atoms with van der Waals surface area (Å²) in [7, 11) is 0. The number of nitrogens with one attached hydrogen (secondary N) is 1. The lowest BCUT2D eigenvalue weighted by Crippen LogP contribution is -2.32. The van der Waals surface area contributed by atoms with Gasteiger partial charge in [-0.3, -0.25) is 4.79 Å². The highest BCUT2D eigenvalue weighted by molar-refractivity contribution is 7.99. The number of nitrogens with zero attached hydrogens (tertiary/aromatic N) is 2. The van der Waals surface area contributed by atoms with Crippen molar-refractivity contribution in [3.05, 3.63) is 47.7 Å². The van der Waals surface area contributed by atoms with Crippen LogP contribution in [-0.4, -0.2) is 21.6 Å². The molecule has 1 aliphatic heterocycles. The van der Waals surface area contributed by atoms with Crippen molar-refractivity contribution in [1.82, 2.24) is 15.3 Å². The van der Waals surface area contributed by atoms with Crippen LogP contribution in [0.3, 0.4) is 0 Å². The molecule has 1 atom stereocenters. The third kappa shape index (κ3) is 2.69. The molecule has 0 saturated carbocycles. The highest BCUT2D eigenvalue weighted by atomic mass is 32.2. The monoisotopic (exact) mass is 304 g/mol. The Bertz CT molecular complexity index is 694. The van der Waals surface area contributed by atoms with Crippen molar-refractivity contribution in [2.75, 3.05) is 11.5 Å². The zero-order valence-electron chi connectivity index (χ0n) is 11.0. The summed E-state index contributed by atoms with van der Waals surface area (Å²) in [5, 5.41) is 2.86. The Morgan fingerprint density at radius 1 is 1.38 bits per heavy atom. The van der Waals surface area contributed by atoms with Gasteiger partial charge in [0.1, 0.15) is 5.82 Å². The van der Waals surface area contributed by atoms with Crippen molar-refractivity contribution in [2.24, 2.45) is 0 Å². The van der Waals surface area contributed by atoms with Crippen LogP contribution in [0.15, 0.2) is 35.5 Å². The molecule has 3 N–H and O–H groups in total. The maximum atomic E-state index is 13.8. The second-order valence-corrected chi connectivity index (χ2v) is 5.72. The topological polar surface area (TPSA) is 80.9 Å². The Hall–Kier alpha value is -2.15.